The van der Waals surface area contributed by atoms with E-state index >= 15 is 0 Å². The zero-order valence-corrected chi connectivity index (χ0v) is 12.3. The Kier molecular flexibility index (Phi) is 4.59. The van der Waals surface area contributed by atoms with Crippen molar-refractivity contribution in [3.63, 3.8) is 0 Å². The summed E-state index contributed by atoms with van der Waals surface area (Å²) in [6.07, 6.45) is 6.06. The number of hydrogen-bond acceptors (Lipinski definition) is 3. The zero-order chi connectivity index (χ0) is 13.2. The van der Waals surface area contributed by atoms with Crippen LogP contribution in [-0.4, -0.2) is 46.1 Å². The first-order chi connectivity index (χ1) is 8.48. The van der Waals surface area contributed by atoms with Crippen LogP contribution in [0.25, 0.3) is 0 Å². The van der Waals surface area contributed by atoms with Crippen molar-refractivity contribution in [3.8, 4) is 0 Å². The van der Waals surface area contributed by atoms with E-state index < -0.39 is 5.97 Å². The lowest BCUT2D eigenvalue weighted by Gasteiger charge is -2.42. The van der Waals surface area contributed by atoms with Gasteiger partial charge in [0.2, 0.25) is 0 Å². The molecule has 18 heavy (non-hydrogen) atoms. The van der Waals surface area contributed by atoms with Gasteiger partial charge in [0, 0.05) is 17.8 Å². The first-order valence-electron chi connectivity index (χ1n) is 7.03. The van der Waals surface area contributed by atoms with Gasteiger partial charge in [0.15, 0.2) is 0 Å². The van der Waals surface area contributed by atoms with Crippen LogP contribution in [0.1, 0.15) is 46.0 Å². The molecule has 3 nitrogen and oxygen atoms in total. The summed E-state index contributed by atoms with van der Waals surface area (Å²) in [5, 5.41) is 9.16. The van der Waals surface area contributed by atoms with E-state index in [9.17, 15) is 4.79 Å². The smallest absolute Gasteiger partial charge is 0.317 e. The van der Waals surface area contributed by atoms with Crippen molar-refractivity contribution in [2.45, 2.75) is 58.0 Å². The fourth-order valence-corrected chi connectivity index (χ4v) is 4.76. The fraction of sp³-hybridized carbons (Fsp3) is 0.929. The number of aliphatic carboxylic acids is 1. The third-order valence-corrected chi connectivity index (χ3v) is 5.78. The zero-order valence-electron chi connectivity index (χ0n) is 11.5. The van der Waals surface area contributed by atoms with Crippen molar-refractivity contribution in [3.05, 3.63) is 0 Å². The van der Waals surface area contributed by atoms with Gasteiger partial charge in [-0.05, 0) is 30.4 Å². The van der Waals surface area contributed by atoms with Crippen molar-refractivity contribution in [1.82, 2.24) is 4.90 Å². The number of nitrogens with zero attached hydrogens (tertiary/aromatic N) is 1. The van der Waals surface area contributed by atoms with E-state index in [2.05, 4.69) is 18.7 Å². The molecule has 4 heteroatoms. The minimum atomic E-state index is -0.671. The molecule has 0 aromatic heterocycles. The van der Waals surface area contributed by atoms with Crippen LogP contribution in [0.4, 0.5) is 0 Å². The van der Waals surface area contributed by atoms with Gasteiger partial charge in [0.25, 0.3) is 0 Å². The quantitative estimate of drug-likeness (QED) is 0.853. The summed E-state index contributed by atoms with van der Waals surface area (Å²) in [6.45, 7) is 4.84. The third kappa shape index (κ3) is 3.64. The van der Waals surface area contributed by atoms with Gasteiger partial charge in [-0.15, -0.1) is 0 Å². The second-order valence-corrected chi connectivity index (χ2v) is 7.57. The first kappa shape index (κ1) is 14.2. The SMILES string of the molecule is CC1(C)CSCC(N(CC(=O)O)C2CCCC2)C1. The lowest BCUT2D eigenvalue weighted by atomic mass is 9.86. The van der Waals surface area contributed by atoms with Crippen molar-refractivity contribution in [1.29, 1.82) is 0 Å². The average Bonchev–Trinajstić information content (AvgIpc) is 2.77. The van der Waals surface area contributed by atoms with E-state index in [1.165, 1.54) is 31.4 Å². The summed E-state index contributed by atoms with van der Waals surface area (Å²) in [4.78, 5) is 13.4. The van der Waals surface area contributed by atoms with Gasteiger partial charge in [-0.1, -0.05) is 26.7 Å². The van der Waals surface area contributed by atoms with E-state index in [0.717, 1.165) is 12.2 Å². The fourth-order valence-electron chi connectivity index (χ4n) is 3.39. The minimum absolute atomic E-state index is 0.228. The first-order valence-corrected chi connectivity index (χ1v) is 8.19. The highest BCUT2D eigenvalue weighted by atomic mass is 32.2. The van der Waals surface area contributed by atoms with Crippen LogP contribution in [0.15, 0.2) is 0 Å². The number of thioether (sulfide) groups is 1. The summed E-state index contributed by atoms with van der Waals surface area (Å²) in [5.41, 5.74) is 0.350. The van der Waals surface area contributed by atoms with Crippen molar-refractivity contribution in [2.24, 2.45) is 5.41 Å². The largest absolute Gasteiger partial charge is 0.480 e. The normalized spacial score (nSPS) is 28.7. The highest BCUT2D eigenvalue weighted by molar-refractivity contribution is 7.99. The van der Waals surface area contributed by atoms with Crippen LogP contribution in [0, 0.1) is 5.41 Å². The molecule has 2 fully saturated rings. The highest BCUT2D eigenvalue weighted by Crippen LogP contribution is 2.37. The van der Waals surface area contributed by atoms with Crippen LogP contribution < -0.4 is 0 Å². The Balaban J connectivity index is 2.04. The Morgan fingerprint density at radius 2 is 2.00 bits per heavy atom. The second-order valence-electron chi connectivity index (χ2n) is 6.54. The topological polar surface area (TPSA) is 40.5 Å². The molecule has 1 saturated carbocycles. The maximum atomic E-state index is 11.1. The molecule has 1 heterocycles. The molecule has 0 aromatic rings. The van der Waals surface area contributed by atoms with E-state index in [1.54, 1.807) is 0 Å². The monoisotopic (exact) mass is 271 g/mol. The van der Waals surface area contributed by atoms with Crippen molar-refractivity contribution < 1.29 is 9.90 Å². The maximum Gasteiger partial charge on any atom is 0.317 e. The lowest BCUT2D eigenvalue weighted by Crippen LogP contribution is -2.49. The minimum Gasteiger partial charge on any atom is -0.480 e. The van der Waals surface area contributed by atoms with Gasteiger partial charge < -0.3 is 5.11 Å². The van der Waals surface area contributed by atoms with E-state index in [1.807, 2.05) is 11.8 Å². The maximum absolute atomic E-state index is 11.1. The molecule has 1 aliphatic carbocycles. The number of carboxylic acid groups (broad SMARTS) is 1. The molecule has 1 saturated heterocycles. The van der Waals surface area contributed by atoms with Crippen LogP contribution in [0.2, 0.25) is 0 Å². The van der Waals surface area contributed by atoms with E-state index in [-0.39, 0.29) is 6.54 Å². The van der Waals surface area contributed by atoms with Crippen LogP contribution in [0.5, 0.6) is 0 Å². The average molecular weight is 271 g/mol. The predicted molar refractivity (Wildman–Crippen MR) is 76.1 cm³/mol. The van der Waals surface area contributed by atoms with Gasteiger partial charge in [-0.3, -0.25) is 9.69 Å². The van der Waals surface area contributed by atoms with Gasteiger partial charge >= 0.3 is 5.97 Å². The van der Waals surface area contributed by atoms with Gasteiger partial charge in [-0.2, -0.15) is 11.8 Å². The lowest BCUT2D eigenvalue weighted by molar-refractivity contribution is -0.139. The van der Waals surface area contributed by atoms with Gasteiger partial charge in [0.05, 0.1) is 6.54 Å². The summed E-state index contributed by atoms with van der Waals surface area (Å²) in [6, 6.07) is 0.971. The Bertz CT molecular complexity index is 300. The Hall–Kier alpha value is -0.220. The molecular weight excluding hydrogens is 246 g/mol. The predicted octanol–water partition coefficient (Wildman–Crippen LogP) is 2.85. The number of carboxylic acids is 1. The number of carbonyl (C=O) groups is 1. The molecule has 0 spiro atoms. The van der Waals surface area contributed by atoms with Crippen molar-refractivity contribution >= 4 is 17.7 Å². The molecule has 1 N–H and O–H groups in total. The molecule has 0 radical (unpaired) electrons. The van der Waals surface area contributed by atoms with E-state index in [0.29, 0.717) is 17.5 Å². The molecule has 1 atom stereocenters. The highest BCUT2D eigenvalue weighted by Gasteiger charge is 2.36. The second kappa shape index (κ2) is 5.83. The summed E-state index contributed by atoms with van der Waals surface area (Å²) in [7, 11) is 0. The third-order valence-electron chi connectivity index (χ3n) is 4.17. The van der Waals surface area contributed by atoms with Gasteiger partial charge in [0.1, 0.15) is 0 Å². The summed E-state index contributed by atoms with van der Waals surface area (Å²) in [5.74, 6) is 1.64. The molecular formula is C14H25NO2S. The molecule has 104 valence electrons. The molecule has 0 bridgehead atoms. The van der Waals surface area contributed by atoms with Crippen molar-refractivity contribution in [2.75, 3.05) is 18.1 Å². The molecule has 2 aliphatic rings. The Labute approximate surface area is 114 Å². The molecule has 2 rings (SSSR count). The Morgan fingerprint density at radius 3 is 2.56 bits per heavy atom. The van der Waals surface area contributed by atoms with E-state index in [4.69, 9.17) is 5.11 Å². The summed E-state index contributed by atoms with van der Waals surface area (Å²) < 4.78 is 0. The Morgan fingerprint density at radius 1 is 1.33 bits per heavy atom. The summed E-state index contributed by atoms with van der Waals surface area (Å²) >= 11 is 1.99. The standard InChI is InChI=1S/C14H25NO2S/c1-14(2)7-12(9-18-10-14)15(8-13(16)17)11-5-3-4-6-11/h11-12H,3-10H2,1-2H3,(H,16,17). The van der Waals surface area contributed by atoms with Crippen LogP contribution in [-0.2, 0) is 4.79 Å². The molecule has 0 aromatic carbocycles. The number of rotatable bonds is 4. The van der Waals surface area contributed by atoms with Crippen LogP contribution in [0.3, 0.4) is 0 Å². The molecule has 1 unspecified atom stereocenters. The number of hydrogen-bond donors (Lipinski definition) is 1. The van der Waals surface area contributed by atoms with Crippen LogP contribution >= 0.6 is 11.8 Å². The van der Waals surface area contributed by atoms with Gasteiger partial charge in [-0.25, -0.2) is 0 Å². The molecule has 0 amide bonds. The molecule has 1 aliphatic heterocycles.